The van der Waals surface area contributed by atoms with Crippen molar-refractivity contribution in [3.63, 3.8) is 0 Å². The van der Waals surface area contributed by atoms with Gasteiger partial charge in [-0.3, -0.25) is 14.4 Å². The summed E-state index contributed by atoms with van der Waals surface area (Å²) < 4.78 is -0.615. The number of anilines is 1. The van der Waals surface area contributed by atoms with Crippen LogP contribution in [0.2, 0.25) is 0 Å². The average molecular weight is 488 g/mol. The summed E-state index contributed by atoms with van der Waals surface area (Å²) in [5, 5.41) is 15.5. The Bertz CT molecular complexity index is 949. The van der Waals surface area contributed by atoms with Crippen molar-refractivity contribution >= 4 is 35.2 Å². The first-order valence-electron chi connectivity index (χ1n) is 12.5. The van der Waals surface area contributed by atoms with Gasteiger partial charge >= 0.3 is 0 Å². The van der Waals surface area contributed by atoms with Gasteiger partial charge in [-0.25, -0.2) is 0 Å². The van der Waals surface area contributed by atoms with Gasteiger partial charge in [-0.15, -0.1) is 11.8 Å². The standard InChI is InChI=1S/C26H37N3O4S/c1-5-11-27-23(31)19-18-14-17(4)26(34-18)20(19)25(33)29(12-6-7-13-30)22(26)24(32)28-21-15(2)9-8-10-16(21)3/h8-10,17-20,22,30H,5-7,11-14H2,1-4H3,(H,27,31)(H,28,32)/t17?,18-,19+,20+,22?,26?/m1/s1. The van der Waals surface area contributed by atoms with E-state index in [1.165, 1.54) is 0 Å². The largest absolute Gasteiger partial charge is 0.396 e. The van der Waals surface area contributed by atoms with Gasteiger partial charge in [0.2, 0.25) is 17.7 Å². The molecule has 186 valence electrons. The number of carbonyl (C=O) groups excluding carboxylic acids is 3. The number of aryl methyl sites for hydroxylation is 2. The van der Waals surface area contributed by atoms with Crippen LogP contribution in [-0.4, -0.2) is 63.5 Å². The van der Waals surface area contributed by atoms with E-state index >= 15 is 0 Å². The molecule has 0 saturated carbocycles. The molecule has 1 aromatic carbocycles. The molecule has 3 N–H and O–H groups in total. The summed E-state index contributed by atoms with van der Waals surface area (Å²) in [6.45, 7) is 9.12. The lowest BCUT2D eigenvalue weighted by atomic mass is 9.66. The van der Waals surface area contributed by atoms with Crippen LogP contribution in [0.3, 0.4) is 0 Å². The zero-order chi connectivity index (χ0) is 24.6. The van der Waals surface area contributed by atoms with Gasteiger partial charge in [0.05, 0.1) is 16.6 Å². The van der Waals surface area contributed by atoms with Crippen LogP contribution in [0.5, 0.6) is 0 Å². The molecule has 3 unspecified atom stereocenters. The van der Waals surface area contributed by atoms with Crippen LogP contribution >= 0.6 is 11.8 Å². The molecule has 1 aromatic rings. The van der Waals surface area contributed by atoms with E-state index < -0.39 is 22.6 Å². The smallest absolute Gasteiger partial charge is 0.248 e. The number of nitrogens with one attached hydrogen (secondary N) is 2. The van der Waals surface area contributed by atoms with Crippen molar-refractivity contribution in [2.45, 2.75) is 69.4 Å². The third kappa shape index (κ3) is 3.92. The van der Waals surface area contributed by atoms with Gasteiger partial charge in [0.1, 0.15) is 6.04 Å². The molecule has 7 nitrogen and oxygen atoms in total. The maximum absolute atomic E-state index is 14.0. The Balaban J connectivity index is 1.71. The summed E-state index contributed by atoms with van der Waals surface area (Å²) in [4.78, 5) is 42.7. The molecule has 3 aliphatic heterocycles. The highest BCUT2D eigenvalue weighted by atomic mass is 32.2. The quantitative estimate of drug-likeness (QED) is 0.465. The molecule has 0 aromatic heterocycles. The number of para-hydroxylation sites is 1. The summed E-state index contributed by atoms with van der Waals surface area (Å²) in [7, 11) is 0. The topological polar surface area (TPSA) is 98.7 Å². The fourth-order valence-corrected chi connectivity index (χ4v) is 8.75. The Morgan fingerprint density at radius 1 is 1.21 bits per heavy atom. The number of thioether (sulfide) groups is 1. The Morgan fingerprint density at radius 3 is 2.56 bits per heavy atom. The van der Waals surface area contributed by atoms with Crippen LogP contribution in [0, 0.1) is 31.6 Å². The second kappa shape index (κ2) is 9.90. The predicted octanol–water partition coefficient (Wildman–Crippen LogP) is 2.88. The van der Waals surface area contributed by atoms with Crippen molar-refractivity contribution in [3.8, 4) is 0 Å². The fraction of sp³-hybridized carbons (Fsp3) is 0.654. The van der Waals surface area contributed by atoms with Crippen molar-refractivity contribution in [2.75, 3.05) is 25.0 Å². The molecule has 4 rings (SSSR count). The number of benzene rings is 1. The maximum atomic E-state index is 14.0. The van der Waals surface area contributed by atoms with Crippen molar-refractivity contribution in [1.29, 1.82) is 0 Å². The SMILES string of the molecule is CCCNC(=O)[C@@H]1[C@H]2C(=O)N(CCCCO)C(C(=O)Nc3c(C)cccc3C)C23S[C@@H]1CC3C. The van der Waals surface area contributed by atoms with Gasteiger partial charge in [0.25, 0.3) is 0 Å². The maximum Gasteiger partial charge on any atom is 0.248 e. The lowest BCUT2D eigenvalue weighted by Crippen LogP contribution is -2.55. The monoisotopic (exact) mass is 487 g/mol. The van der Waals surface area contributed by atoms with Crippen LogP contribution in [0.1, 0.15) is 50.7 Å². The van der Waals surface area contributed by atoms with Gasteiger partial charge in [0.15, 0.2) is 0 Å². The minimum Gasteiger partial charge on any atom is -0.396 e. The second-order valence-corrected chi connectivity index (χ2v) is 11.6. The van der Waals surface area contributed by atoms with Gasteiger partial charge in [-0.2, -0.15) is 0 Å². The molecule has 2 bridgehead atoms. The molecule has 0 aliphatic carbocycles. The van der Waals surface area contributed by atoms with E-state index in [2.05, 4.69) is 17.6 Å². The first-order valence-corrected chi connectivity index (χ1v) is 13.4. The molecule has 8 heteroatoms. The van der Waals surface area contributed by atoms with E-state index in [4.69, 9.17) is 0 Å². The van der Waals surface area contributed by atoms with Gasteiger partial charge in [0, 0.05) is 30.6 Å². The normalized spacial score (nSPS) is 31.6. The van der Waals surface area contributed by atoms with Gasteiger partial charge in [-0.1, -0.05) is 32.0 Å². The number of nitrogens with zero attached hydrogens (tertiary/aromatic N) is 1. The molecule has 3 aliphatic rings. The van der Waals surface area contributed by atoms with Crippen molar-refractivity contribution < 1.29 is 19.5 Å². The van der Waals surface area contributed by atoms with Gasteiger partial charge < -0.3 is 20.6 Å². The third-order valence-electron chi connectivity index (χ3n) is 7.88. The molecule has 1 spiro atoms. The lowest BCUT2D eigenvalue weighted by molar-refractivity contribution is -0.139. The molecule has 34 heavy (non-hydrogen) atoms. The zero-order valence-electron chi connectivity index (χ0n) is 20.6. The Morgan fingerprint density at radius 2 is 1.91 bits per heavy atom. The number of rotatable bonds is 9. The van der Waals surface area contributed by atoms with E-state index in [0.717, 1.165) is 29.7 Å². The minimum atomic E-state index is -0.642. The van der Waals surface area contributed by atoms with E-state index in [9.17, 15) is 19.5 Å². The molecule has 0 radical (unpaired) electrons. The molecular formula is C26H37N3O4S. The highest BCUT2D eigenvalue weighted by Gasteiger charge is 2.75. The van der Waals surface area contributed by atoms with Crippen LogP contribution in [0.4, 0.5) is 5.69 Å². The van der Waals surface area contributed by atoms with Crippen LogP contribution < -0.4 is 10.6 Å². The first kappa shape index (κ1) is 25.0. The number of hydrogen-bond acceptors (Lipinski definition) is 5. The summed E-state index contributed by atoms with van der Waals surface area (Å²) >= 11 is 1.70. The Hall–Kier alpha value is -2.06. The number of hydrogen-bond donors (Lipinski definition) is 3. The molecule has 3 amide bonds. The number of aliphatic hydroxyl groups excluding tert-OH is 1. The number of carbonyl (C=O) groups is 3. The Kier molecular flexibility index (Phi) is 7.29. The van der Waals surface area contributed by atoms with E-state index in [1.807, 2.05) is 39.0 Å². The average Bonchev–Trinajstić information content (AvgIpc) is 3.39. The lowest BCUT2D eigenvalue weighted by Gasteiger charge is -2.38. The minimum absolute atomic E-state index is 0.0468. The highest BCUT2D eigenvalue weighted by Crippen LogP contribution is 2.68. The van der Waals surface area contributed by atoms with Crippen LogP contribution in [-0.2, 0) is 14.4 Å². The van der Waals surface area contributed by atoms with Crippen LogP contribution in [0.15, 0.2) is 18.2 Å². The van der Waals surface area contributed by atoms with Crippen molar-refractivity contribution in [3.05, 3.63) is 29.3 Å². The Labute approximate surface area is 206 Å². The molecule has 3 saturated heterocycles. The number of aliphatic hydroxyl groups is 1. The number of fused-ring (bicyclic) bond motifs is 1. The zero-order valence-corrected chi connectivity index (χ0v) is 21.4. The number of likely N-dealkylation sites (tertiary alicyclic amines) is 1. The predicted molar refractivity (Wildman–Crippen MR) is 135 cm³/mol. The van der Waals surface area contributed by atoms with Gasteiger partial charge in [-0.05, 0) is 56.6 Å². The first-order chi connectivity index (χ1) is 16.3. The van der Waals surface area contributed by atoms with Crippen molar-refractivity contribution in [2.24, 2.45) is 17.8 Å². The molecular weight excluding hydrogens is 450 g/mol. The summed E-state index contributed by atoms with van der Waals surface area (Å²) in [6, 6.07) is 5.26. The van der Waals surface area contributed by atoms with E-state index in [1.54, 1.807) is 16.7 Å². The van der Waals surface area contributed by atoms with Crippen LogP contribution in [0.25, 0.3) is 0 Å². The van der Waals surface area contributed by atoms with E-state index in [-0.39, 0.29) is 35.5 Å². The summed E-state index contributed by atoms with van der Waals surface area (Å²) in [5.74, 6) is -1.07. The highest BCUT2D eigenvalue weighted by molar-refractivity contribution is 8.02. The molecule has 3 fully saturated rings. The number of unbranched alkanes of at least 4 members (excludes halogenated alkanes) is 1. The molecule has 6 atom stereocenters. The number of amides is 3. The van der Waals surface area contributed by atoms with Crippen molar-refractivity contribution in [1.82, 2.24) is 10.2 Å². The third-order valence-corrected chi connectivity index (χ3v) is 9.96. The summed E-state index contributed by atoms with van der Waals surface area (Å²) in [5.41, 5.74) is 2.75. The summed E-state index contributed by atoms with van der Waals surface area (Å²) in [6.07, 6.45) is 2.85. The molecule has 3 heterocycles. The fourth-order valence-electron chi connectivity index (χ4n) is 6.32. The van der Waals surface area contributed by atoms with E-state index in [0.29, 0.717) is 25.9 Å². The second-order valence-electron chi connectivity index (χ2n) is 10.1.